The molecule has 5 heteroatoms. The summed E-state index contributed by atoms with van der Waals surface area (Å²) in [5.74, 6) is 0.742. The number of nitrogens with two attached hydrogens (primary N) is 1. The molecule has 0 bridgehead atoms. The van der Waals surface area contributed by atoms with Crippen LogP contribution >= 0.6 is 0 Å². The minimum atomic E-state index is -0.164. The standard InChI is InChI=1S/C13H18N2O3/c1-18-10-2-3-12(16)11(6-10)13(17)15-5-4-9(7-14)8-15/h2-3,6,9,16H,4-5,7-8,14H2,1H3. The lowest BCUT2D eigenvalue weighted by molar-refractivity contribution is 0.0784. The van der Waals surface area contributed by atoms with Crippen molar-refractivity contribution in [3.05, 3.63) is 23.8 Å². The van der Waals surface area contributed by atoms with E-state index >= 15 is 0 Å². The third-order valence-electron chi connectivity index (χ3n) is 3.34. The summed E-state index contributed by atoms with van der Waals surface area (Å²) >= 11 is 0. The first-order valence-corrected chi connectivity index (χ1v) is 6.02. The van der Waals surface area contributed by atoms with Crippen LogP contribution in [0.4, 0.5) is 0 Å². The molecule has 1 aromatic rings. The van der Waals surface area contributed by atoms with E-state index in [4.69, 9.17) is 10.5 Å². The second-order valence-electron chi connectivity index (χ2n) is 4.52. The average molecular weight is 250 g/mol. The largest absolute Gasteiger partial charge is 0.507 e. The van der Waals surface area contributed by atoms with Crippen LogP contribution < -0.4 is 10.5 Å². The first-order valence-electron chi connectivity index (χ1n) is 6.02. The van der Waals surface area contributed by atoms with Gasteiger partial charge in [-0.25, -0.2) is 0 Å². The van der Waals surface area contributed by atoms with E-state index in [1.807, 2.05) is 0 Å². The molecule has 0 aromatic heterocycles. The number of ether oxygens (including phenoxy) is 1. The van der Waals surface area contributed by atoms with Crippen molar-refractivity contribution in [2.75, 3.05) is 26.7 Å². The molecule has 18 heavy (non-hydrogen) atoms. The molecule has 3 N–H and O–H groups in total. The van der Waals surface area contributed by atoms with Gasteiger partial charge < -0.3 is 20.5 Å². The number of likely N-dealkylation sites (tertiary alicyclic amines) is 1. The fourth-order valence-electron chi connectivity index (χ4n) is 2.19. The Labute approximate surface area is 106 Å². The molecule has 0 spiro atoms. The quantitative estimate of drug-likeness (QED) is 0.832. The van der Waals surface area contributed by atoms with Crippen molar-refractivity contribution in [2.45, 2.75) is 6.42 Å². The van der Waals surface area contributed by atoms with Gasteiger partial charge in [-0.05, 0) is 37.1 Å². The molecule has 98 valence electrons. The number of methoxy groups -OCH3 is 1. The first kappa shape index (κ1) is 12.7. The number of carbonyl (C=O) groups is 1. The van der Waals surface area contributed by atoms with E-state index in [1.54, 1.807) is 17.0 Å². The maximum atomic E-state index is 12.3. The van der Waals surface area contributed by atoms with Gasteiger partial charge in [0.05, 0.1) is 12.7 Å². The van der Waals surface area contributed by atoms with Gasteiger partial charge in [-0.2, -0.15) is 0 Å². The van der Waals surface area contributed by atoms with Gasteiger partial charge in [-0.1, -0.05) is 0 Å². The Bertz CT molecular complexity index is 448. The molecule has 1 amide bonds. The molecule has 0 radical (unpaired) electrons. The monoisotopic (exact) mass is 250 g/mol. The number of nitrogens with zero attached hydrogens (tertiary/aromatic N) is 1. The Morgan fingerprint density at radius 2 is 2.39 bits per heavy atom. The molecule has 1 aromatic carbocycles. The highest BCUT2D eigenvalue weighted by atomic mass is 16.5. The fraction of sp³-hybridized carbons (Fsp3) is 0.462. The van der Waals surface area contributed by atoms with Crippen LogP contribution in [0.1, 0.15) is 16.8 Å². The Morgan fingerprint density at radius 1 is 1.61 bits per heavy atom. The van der Waals surface area contributed by atoms with Crippen LogP contribution in [0.15, 0.2) is 18.2 Å². The van der Waals surface area contributed by atoms with E-state index in [2.05, 4.69) is 0 Å². The summed E-state index contributed by atoms with van der Waals surface area (Å²) in [5, 5.41) is 9.76. The van der Waals surface area contributed by atoms with Crippen molar-refractivity contribution in [3.63, 3.8) is 0 Å². The summed E-state index contributed by atoms with van der Waals surface area (Å²) < 4.78 is 5.06. The highest BCUT2D eigenvalue weighted by Crippen LogP contribution is 2.26. The molecular formula is C13H18N2O3. The summed E-state index contributed by atoms with van der Waals surface area (Å²) in [6, 6.07) is 4.66. The van der Waals surface area contributed by atoms with E-state index in [0.717, 1.165) is 6.42 Å². The van der Waals surface area contributed by atoms with E-state index in [9.17, 15) is 9.90 Å². The maximum Gasteiger partial charge on any atom is 0.257 e. The number of aromatic hydroxyl groups is 1. The average Bonchev–Trinajstić information content (AvgIpc) is 2.87. The van der Waals surface area contributed by atoms with Crippen LogP contribution in [0.3, 0.4) is 0 Å². The number of rotatable bonds is 3. The molecule has 1 aliphatic heterocycles. The lowest BCUT2D eigenvalue weighted by Gasteiger charge is -2.17. The van der Waals surface area contributed by atoms with Crippen LogP contribution in [-0.4, -0.2) is 42.7 Å². The summed E-state index contributed by atoms with van der Waals surface area (Å²) in [6.45, 7) is 1.94. The van der Waals surface area contributed by atoms with Gasteiger partial charge in [0, 0.05) is 13.1 Å². The normalized spacial score (nSPS) is 19.0. The molecule has 0 aliphatic carbocycles. The molecule has 5 nitrogen and oxygen atoms in total. The highest BCUT2D eigenvalue weighted by Gasteiger charge is 2.27. The number of hydrogen-bond donors (Lipinski definition) is 2. The lowest BCUT2D eigenvalue weighted by atomic mass is 10.1. The van der Waals surface area contributed by atoms with Gasteiger partial charge >= 0.3 is 0 Å². The van der Waals surface area contributed by atoms with E-state index in [-0.39, 0.29) is 17.2 Å². The Hall–Kier alpha value is -1.75. The minimum absolute atomic E-state index is 0.0167. The van der Waals surface area contributed by atoms with Crippen LogP contribution in [0.5, 0.6) is 11.5 Å². The van der Waals surface area contributed by atoms with Gasteiger partial charge in [0.1, 0.15) is 11.5 Å². The molecule has 1 saturated heterocycles. The molecule has 2 rings (SSSR count). The summed E-state index contributed by atoms with van der Waals surface area (Å²) in [6.07, 6.45) is 0.924. The van der Waals surface area contributed by atoms with Gasteiger partial charge in [-0.3, -0.25) is 4.79 Å². The Kier molecular flexibility index (Phi) is 3.72. The molecule has 1 atom stereocenters. The van der Waals surface area contributed by atoms with Crippen LogP contribution in [0.2, 0.25) is 0 Å². The molecular weight excluding hydrogens is 232 g/mol. The van der Waals surface area contributed by atoms with Crippen molar-refractivity contribution in [1.29, 1.82) is 0 Å². The Balaban J connectivity index is 2.18. The predicted octanol–water partition coefficient (Wildman–Crippen LogP) is 0.822. The third kappa shape index (κ3) is 2.41. The minimum Gasteiger partial charge on any atom is -0.507 e. The van der Waals surface area contributed by atoms with Gasteiger partial charge in [0.25, 0.3) is 5.91 Å². The number of phenolic OH excluding ortho intramolecular Hbond substituents is 1. The van der Waals surface area contributed by atoms with Crippen molar-refractivity contribution >= 4 is 5.91 Å². The zero-order chi connectivity index (χ0) is 13.1. The van der Waals surface area contributed by atoms with E-state index < -0.39 is 0 Å². The fourth-order valence-corrected chi connectivity index (χ4v) is 2.19. The van der Waals surface area contributed by atoms with E-state index in [0.29, 0.717) is 31.3 Å². The predicted molar refractivity (Wildman–Crippen MR) is 67.7 cm³/mol. The summed E-state index contributed by atoms with van der Waals surface area (Å²) in [5.41, 5.74) is 5.89. The van der Waals surface area contributed by atoms with Crippen LogP contribution in [-0.2, 0) is 0 Å². The number of amides is 1. The third-order valence-corrected chi connectivity index (χ3v) is 3.34. The van der Waals surface area contributed by atoms with Crippen molar-refractivity contribution < 1.29 is 14.6 Å². The molecule has 1 heterocycles. The maximum absolute atomic E-state index is 12.3. The molecule has 1 fully saturated rings. The molecule has 0 saturated carbocycles. The highest BCUT2D eigenvalue weighted by molar-refractivity contribution is 5.97. The van der Waals surface area contributed by atoms with Gasteiger partial charge in [0.2, 0.25) is 0 Å². The topological polar surface area (TPSA) is 75.8 Å². The Morgan fingerprint density at radius 3 is 3.00 bits per heavy atom. The molecule has 1 unspecified atom stereocenters. The van der Waals surface area contributed by atoms with Crippen molar-refractivity contribution in [3.8, 4) is 11.5 Å². The van der Waals surface area contributed by atoms with Crippen LogP contribution in [0.25, 0.3) is 0 Å². The van der Waals surface area contributed by atoms with Crippen LogP contribution in [0, 0.1) is 5.92 Å². The zero-order valence-corrected chi connectivity index (χ0v) is 10.4. The number of hydrogen-bond acceptors (Lipinski definition) is 4. The molecule has 1 aliphatic rings. The van der Waals surface area contributed by atoms with Crippen molar-refractivity contribution in [1.82, 2.24) is 4.90 Å². The zero-order valence-electron chi connectivity index (χ0n) is 10.4. The lowest BCUT2D eigenvalue weighted by Crippen LogP contribution is -2.29. The SMILES string of the molecule is COc1ccc(O)c(C(=O)N2CCC(CN)C2)c1. The van der Waals surface area contributed by atoms with Crippen molar-refractivity contribution in [2.24, 2.45) is 11.7 Å². The van der Waals surface area contributed by atoms with Gasteiger partial charge in [-0.15, -0.1) is 0 Å². The second kappa shape index (κ2) is 5.27. The first-order chi connectivity index (χ1) is 8.65. The smallest absolute Gasteiger partial charge is 0.257 e. The second-order valence-corrected chi connectivity index (χ2v) is 4.52. The number of phenols is 1. The van der Waals surface area contributed by atoms with Gasteiger partial charge in [0.15, 0.2) is 0 Å². The van der Waals surface area contributed by atoms with E-state index in [1.165, 1.54) is 13.2 Å². The summed E-state index contributed by atoms with van der Waals surface area (Å²) in [4.78, 5) is 14.0. The summed E-state index contributed by atoms with van der Waals surface area (Å²) in [7, 11) is 1.53. The number of benzene rings is 1. The number of carbonyl (C=O) groups excluding carboxylic acids is 1.